The summed E-state index contributed by atoms with van der Waals surface area (Å²) in [5.74, 6) is 0. The standard InChI is InChI=1S/C20H25N5O2S/c1-24(18-6-3-2-4-7-18)28(26,27)19-10-8-17(9-11-19)22-14-16-15-23-25-13-5-12-21-20(16)25/h5,8-13,15,18,22H,2-4,6-7,14H2,1H3. The lowest BCUT2D eigenvalue weighted by atomic mass is 9.96. The fourth-order valence-corrected chi connectivity index (χ4v) is 5.17. The van der Waals surface area contributed by atoms with Crippen LogP contribution >= 0.6 is 0 Å². The zero-order valence-corrected chi connectivity index (χ0v) is 16.8. The van der Waals surface area contributed by atoms with E-state index in [1.54, 1.807) is 52.5 Å². The van der Waals surface area contributed by atoms with Gasteiger partial charge < -0.3 is 5.32 Å². The number of rotatable bonds is 6. The molecule has 0 atom stereocenters. The van der Waals surface area contributed by atoms with Gasteiger partial charge in [0.15, 0.2) is 5.65 Å². The zero-order valence-electron chi connectivity index (χ0n) is 16.0. The summed E-state index contributed by atoms with van der Waals surface area (Å²) in [6.07, 6.45) is 10.7. The van der Waals surface area contributed by atoms with E-state index in [0.29, 0.717) is 11.4 Å². The van der Waals surface area contributed by atoms with Crippen LogP contribution in [-0.4, -0.2) is 40.4 Å². The third kappa shape index (κ3) is 3.74. The predicted molar refractivity (Wildman–Crippen MR) is 109 cm³/mol. The van der Waals surface area contributed by atoms with Gasteiger partial charge in [-0.1, -0.05) is 19.3 Å². The molecule has 148 valence electrons. The maximum Gasteiger partial charge on any atom is 0.243 e. The van der Waals surface area contributed by atoms with Gasteiger partial charge in [0, 0.05) is 43.3 Å². The zero-order chi connectivity index (χ0) is 19.6. The molecule has 3 aromatic rings. The Morgan fingerprint density at radius 1 is 1.18 bits per heavy atom. The molecular weight excluding hydrogens is 374 g/mol. The molecule has 28 heavy (non-hydrogen) atoms. The Kier molecular flexibility index (Phi) is 5.32. The Balaban J connectivity index is 1.44. The van der Waals surface area contributed by atoms with Crippen LogP contribution in [-0.2, 0) is 16.6 Å². The summed E-state index contributed by atoms with van der Waals surface area (Å²) < 4.78 is 29.1. The molecule has 2 heterocycles. The number of hydrogen-bond acceptors (Lipinski definition) is 5. The third-order valence-electron chi connectivity index (χ3n) is 5.46. The van der Waals surface area contributed by atoms with Gasteiger partial charge in [0.2, 0.25) is 10.0 Å². The largest absolute Gasteiger partial charge is 0.381 e. The lowest BCUT2D eigenvalue weighted by molar-refractivity contribution is 0.286. The first kappa shape index (κ1) is 18.9. The Morgan fingerprint density at radius 2 is 1.93 bits per heavy atom. The van der Waals surface area contributed by atoms with Crippen LogP contribution in [0.4, 0.5) is 5.69 Å². The first-order valence-electron chi connectivity index (χ1n) is 9.65. The maximum atomic E-state index is 12.9. The fourth-order valence-electron chi connectivity index (χ4n) is 3.75. The van der Waals surface area contributed by atoms with Gasteiger partial charge in [-0.2, -0.15) is 9.40 Å². The number of hydrogen-bond donors (Lipinski definition) is 1. The van der Waals surface area contributed by atoms with E-state index >= 15 is 0 Å². The fraction of sp³-hybridized carbons (Fsp3) is 0.400. The summed E-state index contributed by atoms with van der Waals surface area (Å²) in [6.45, 7) is 0.564. The quantitative estimate of drug-likeness (QED) is 0.688. The first-order valence-corrected chi connectivity index (χ1v) is 11.1. The van der Waals surface area contributed by atoms with Crippen LogP contribution in [0.25, 0.3) is 5.65 Å². The van der Waals surface area contributed by atoms with E-state index in [1.165, 1.54) is 6.42 Å². The summed E-state index contributed by atoms with van der Waals surface area (Å²) in [4.78, 5) is 4.68. The van der Waals surface area contributed by atoms with Gasteiger partial charge in [0.25, 0.3) is 0 Å². The van der Waals surface area contributed by atoms with Crippen LogP contribution in [0.5, 0.6) is 0 Å². The highest BCUT2D eigenvalue weighted by molar-refractivity contribution is 7.89. The second kappa shape index (κ2) is 7.89. The van der Waals surface area contributed by atoms with E-state index in [4.69, 9.17) is 0 Å². The average Bonchev–Trinajstić information content (AvgIpc) is 3.16. The molecule has 7 nitrogen and oxygen atoms in total. The molecule has 1 N–H and O–H groups in total. The third-order valence-corrected chi connectivity index (χ3v) is 7.38. The van der Waals surface area contributed by atoms with E-state index in [-0.39, 0.29) is 6.04 Å². The van der Waals surface area contributed by atoms with Crippen molar-refractivity contribution in [1.29, 1.82) is 0 Å². The van der Waals surface area contributed by atoms with E-state index in [1.807, 2.05) is 12.3 Å². The molecule has 0 aliphatic heterocycles. The molecule has 0 amide bonds. The monoisotopic (exact) mass is 399 g/mol. The van der Waals surface area contributed by atoms with Crippen molar-refractivity contribution in [3.05, 3.63) is 54.5 Å². The lowest BCUT2D eigenvalue weighted by Gasteiger charge is -2.30. The molecule has 0 bridgehead atoms. The van der Waals surface area contributed by atoms with Crippen LogP contribution in [0, 0.1) is 0 Å². The number of sulfonamides is 1. The highest BCUT2D eigenvalue weighted by atomic mass is 32.2. The van der Waals surface area contributed by atoms with Gasteiger partial charge in [-0.25, -0.2) is 17.9 Å². The van der Waals surface area contributed by atoms with Gasteiger partial charge in [-0.15, -0.1) is 0 Å². The molecule has 0 spiro atoms. The van der Waals surface area contributed by atoms with Crippen LogP contribution in [0.3, 0.4) is 0 Å². The molecule has 1 fully saturated rings. The highest BCUT2D eigenvalue weighted by Gasteiger charge is 2.28. The molecule has 2 aromatic heterocycles. The van der Waals surface area contributed by atoms with Crippen molar-refractivity contribution >= 4 is 21.4 Å². The van der Waals surface area contributed by atoms with Crippen molar-refractivity contribution < 1.29 is 8.42 Å². The van der Waals surface area contributed by atoms with Crippen LogP contribution in [0.2, 0.25) is 0 Å². The minimum atomic E-state index is -3.46. The van der Waals surface area contributed by atoms with Crippen molar-refractivity contribution in [1.82, 2.24) is 18.9 Å². The number of benzene rings is 1. The normalized spacial score (nSPS) is 15.9. The van der Waals surface area contributed by atoms with Gasteiger partial charge >= 0.3 is 0 Å². The lowest BCUT2D eigenvalue weighted by Crippen LogP contribution is -2.38. The summed E-state index contributed by atoms with van der Waals surface area (Å²) in [5, 5.41) is 7.58. The summed E-state index contributed by atoms with van der Waals surface area (Å²) >= 11 is 0. The van der Waals surface area contributed by atoms with Crippen molar-refractivity contribution in [3.63, 3.8) is 0 Å². The predicted octanol–water partition coefficient (Wildman–Crippen LogP) is 3.29. The number of nitrogens with one attached hydrogen (secondary N) is 1. The van der Waals surface area contributed by atoms with Crippen LogP contribution in [0.15, 0.2) is 53.8 Å². The molecular formula is C20H25N5O2S. The summed E-state index contributed by atoms with van der Waals surface area (Å²) in [5.41, 5.74) is 2.65. The molecule has 1 saturated carbocycles. The van der Waals surface area contributed by atoms with E-state index < -0.39 is 10.0 Å². The van der Waals surface area contributed by atoms with Crippen LogP contribution < -0.4 is 5.32 Å². The Hall–Kier alpha value is -2.45. The average molecular weight is 400 g/mol. The molecule has 8 heteroatoms. The number of fused-ring (bicyclic) bond motifs is 1. The molecule has 1 aliphatic rings. The summed E-state index contributed by atoms with van der Waals surface area (Å²) in [7, 11) is -1.76. The van der Waals surface area contributed by atoms with Gasteiger partial charge in [-0.3, -0.25) is 0 Å². The summed E-state index contributed by atoms with van der Waals surface area (Å²) in [6, 6.07) is 8.90. The molecule has 1 aromatic carbocycles. The van der Waals surface area contributed by atoms with E-state index in [2.05, 4.69) is 15.4 Å². The molecule has 0 radical (unpaired) electrons. The van der Waals surface area contributed by atoms with Crippen molar-refractivity contribution in [2.24, 2.45) is 0 Å². The van der Waals surface area contributed by atoms with Gasteiger partial charge in [0.05, 0.1) is 11.1 Å². The maximum absolute atomic E-state index is 12.9. The van der Waals surface area contributed by atoms with Crippen molar-refractivity contribution in [2.75, 3.05) is 12.4 Å². The minimum absolute atomic E-state index is 0.111. The van der Waals surface area contributed by atoms with E-state index in [9.17, 15) is 8.42 Å². The SMILES string of the molecule is CN(C1CCCCC1)S(=O)(=O)c1ccc(NCc2cnn3cccnc23)cc1. The molecule has 0 saturated heterocycles. The topological polar surface area (TPSA) is 79.6 Å². The van der Waals surface area contributed by atoms with Gasteiger partial charge in [-0.05, 0) is 43.2 Å². The van der Waals surface area contributed by atoms with Gasteiger partial charge in [0.1, 0.15) is 0 Å². The molecule has 0 unspecified atom stereocenters. The Bertz CT molecular complexity index is 1040. The van der Waals surface area contributed by atoms with Crippen molar-refractivity contribution in [2.45, 2.75) is 49.6 Å². The second-order valence-corrected chi connectivity index (χ2v) is 9.25. The van der Waals surface area contributed by atoms with Crippen molar-refractivity contribution in [3.8, 4) is 0 Å². The highest BCUT2D eigenvalue weighted by Crippen LogP contribution is 2.27. The number of nitrogens with zero attached hydrogens (tertiary/aromatic N) is 4. The van der Waals surface area contributed by atoms with E-state index in [0.717, 1.165) is 42.6 Å². The molecule has 1 aliphatic carbocycles. The van der Waals surface area contributed by atoms with Crippen LogP contribution in [0.1, 0.15) is 37.7 Å². The number of anilines is 1. The molecule has 4 rings (SSSR count). The first-order chi connectivity index (χ1) is 13.6. The number of aromatic nitrogens is 3. The smallest absolute Gasteiger partial charge is 0.243 e. The minimum Gasteiger partial charge on any atom is -0.381 e. The Morgan fingerprint density at radius 3 is 2.68 bits per heavy atom. The Labute approximate surface area is 165 Å². The second-order valence-electron chi connectivity index (χ2n) is 7.25.